The topological polar surface area (TPSA) is 131 Å². The Morgan fingerprint density at radius 3 is 2.43 bits per heavy atom. The standard InChI is InChI=1S/C26H33N9O2/c1-17-13-23(33-32-17)30-22-15-24(35-11-9-34(10-12-35)16-25(36)27-2)31-21(29-22)14-18-3-7-20(8-4-18)28-26(37)19-5-6-19/h3-4,7-8,13,15,19H,5-6,9-12,14,16H2,1-2H3,(H,27,36)(H,28,37)(H2,29,30,31,32,33). The number of rotatable bonds is 9. The molecule has 1 aromatic carbocycles. The van der Waals surface area contributed by atoms with Gasteiger partial charge in [0.25, 0.3) is 0 Å². The SMILES string of the molecule is CNC(=O)CN1CCN(c2cc(Nc3cc(C)[nH]n3)nc(Cc3ccc(NC(=O)C4CC4)cc3)n2)CC1. The van der Waals surface area contributed by atoms with Crippen LogP contribution in [0.1, 0.15) is 29.9 Å². The first kappa shape index (κ1) is 24.7. The highest BCUT2D eigenvalue weighted by atomic mass is 16.2. The molecule has 0 spiro atoms. The first-order chi connectivity index (χ1) is 17.9. The first-order valence-electron chi connectivity index (χ1n) is 12.7. The van der Waals surface area contributed by atoms with Gasteiger partial charge in [-0.3, -0.25) is 19.6 Å². The summed E-state index contributed by atoms with van der Waals surface area (Å²) in [5, 5.41) is 16.2. The molecule has 1 aliphatic heterocycles. The predicted octanol–water partition coefficient (Wildman–Crippen LogP) is 2.06. The Kier molecular flexibility index (Phi) is 7.31. The molecule has 1 aliphatic carbocycles. The van der Waals surface area contributed by atoms with E-state index in [1.54, 1.807) is 7.05 Å². The number of nitrogens with zero attached hydrogens (tertiary/aromatic N) is 5. The molecule has 3 aromatic rings. The minimum Gasteiger partial charge on any atom is -0.358 e. The summed E-state index contributed by atoms with van der Waals surface area (Å²) < 4.78 is 0. The molecular formula is C26H33N9O2. The number of hydrogen-bond donors (Lipinski definition) is 4. The second-order valence-electron chi connectivity index (χ2n) is 9.66. The fourth-order valence-corrected chi connectivity index (χ4v) is 4.30. The highest BCUT2D eigenvalue weighted by molar-refractivity contribution is 5.94. The van der Waals surface area contributed by atoms with Gasteiger partial charge in [0.2, 0.25) is 11.8 Å². The molecule has 0 unspecified atom stereocenters. The molecule has 1 saturated carbocycles. The number of hydrogen-bond acceptors (Lipinski definition) is 8. The number of carbonyl (C=O) groups is 2. The number of carbonyl (C=O) groups excluding carboxylic acids is 2. The largest absolute Gasteiger partial charge is 0.358 e. The zero-order chi connectivity index (χ0) is 25.8. The number of H-pyrrole nitrogens is 1. The zero-order valence-corrected chi connectivity index (χ0v) is 21.3. The van der Waals surface area contributed by atoms with Gasteiger partial charge in [-0.15, -0.1) is 0 Å². The summed E-state index contributed by atoms with van der Waals surface area (Å²) in [6.07, 6.45) is 2.51. The Morgan fingerprint density at radius 2 is 1.78 bits per heavy atom. The molecule has 0 radical (unpaired) electrons. The van der Waals surface area contributed by atoms with Crippen molar-refractivity contribution in [3.63, 3.8) is 0 Å². The monoisotopic (exact) mass is 503 g/mol. The van der Waals surface area contributed by atoms with Crippen molar-refractivity contribution in [1.29, 1.82) is 0 Å². The second-order valence-corrected chi connectivity index (χ2v) is 9.66. The number of amides is 2. The van der Waals surface area contributed by atoms with Crippen molar-refractivity contribution in [2.45, 2.75) is 26.2 Å². The van der Waals surface area contributed by atoms with E-state index in [1.165, 1.54) is 0 Å². The second kappa shape index (κ2) is 11.0. The molecule has 0 atom stereocenters. The summed E-state index contributed by atoms with van der Waals surface area (Å²) in [5.41, 5.74) is 2.82. The van der Waals surface area contributed by atoms with E-state index in [4.69, 9.17) is 9.97 Å². The predicted molar refractivity (Wildman–Crippen MR) is 142 cm³/mol. The number of likely N-dealkylation sites (N-methyl/N-ethyl adjacent to an activating group) is 1. The molecule has 1 saturated heterocycles. The van der Waals surface area contributed by atoms with Crippen LogP contribution in [0.3, 0.4) is 0 Å². The van der Waals surface area contributed by atoms with E-state index >= 15 is 0 Å². The van der Waals surface area contributed by atoms with Crippen LogP contribution in [0.25, 0.3) is 0 Å². The molecule has 11 heteroatoms. The number of anilines is 4. The molecule has 3 heterocycles. The maximum absolute atomic E-state index is 12.0. The van der Waals surface area contributed by atoms with Crippen molar-refractivity contribution in [3.05, 3.63) is 53.5 Å². The normalized spacial score (nSPS) is 15.9. The van der Waals surface area contributed by atoms with Gasteiger partial charge in [0.1, 0.15) is 17.5 Å². The van der Waals surface area contributed by atoms with E-state index in [9.17, 15) is 9.59 Å². The minimum atomic E-state index is 0.0247. The van der Waals surface area contributed by atoms with Gasteiger partial charge in [0.15, 0.2) is 5.82 Å². The van der Waals surface area contributed by atoms with Crippen LogP contribution in [0.2, 0.25) is 0 Å². The third-order valence-electron chi connectivity index (χ3n) is 6.60. The van der Waals surface area contributed by atoms with Gasteiger partial charge in [-0.05, 0) is 37.5 Å². The summed E-state index contributed by atoms with van der Waals surface area (Å²) >= 11 is 0. The molecule has 2 aromatic heterocycles. The molecule has 0 bridgehead atoms. The number of aromatic nitrogens is 4. The number of aromatic amines is 1. The smallest absolute Gasteiger partial charge is 0.233 e. The third kappa shape index (κ3) is 6.62. The fourth-order valence-electron chi connectivity index (χ4n) is 4.30. The van der Waals surface area contributed by atoms with Gasteiger partial charge in [0.05, 0.1) is 6.54 Å². The lowest BCUT2D eigenvalue weighted by Gasteiger charge is -2.35. The van der Waals surface area contributed by atoms with Crippen LogP contribution in [0, 0.1) is 12.8 Å². The Morgan fingerprint density at radius 1 is 1.03 bits per heavy atom. The number of aryl methyl sites for hydroxylation is 1. The molecule has 2 aliphatic rings. The summed E-state index contributed by atoms with van der Waals surface area (Å²) in [4.78, 5) is 37.8. The van der Waals surface area contributed by atoms with Crippen molar-refractivity contribution in [2.75, 3.05) is 55.3 Å². The van der Waals surface area contributed by atoms with E-state index in [-0.39, 0.29) is 17.7 Å². The lowest BCUT2D eigenvalue weighted by molar-refractivity contribution is -0.121. The lowest BCUT2D eigenvalue weighted by atomic mass is 10.1. The summed E-state index contributed by atoms with van der Waals surface area (Å²) in [7, 11) is 1.66. The number of piperazine rings is 1. The third-order valence-corrected chi connectivity index (χ3v) is 6.60. The van der Waals surface area contributed by atoms with Crippen LogP contribution in [0.15, 0.2) is 36.4 Å². The van der Waals surface area contributed by atoms with Crippen LogP contribution < -0.4 is 20.9 Å². The van der Waals surface area contributed by atoms with Gasteiger partial charge in [-0.1, -0.05) is 12.1 Å². The van der Waals surface area contributed by atoms with E-state index in [2.05, 4.69) is 35.9 Å². The molecular weight excluding hydrogens is 470 g/mol. The molecule has 11 nitrogen and oxygen atoms in total. The van der Waals surface area contributed by atoms with E-state index < -0.39 is 0 Å². The van der Waals surface area contributed by atoms with Crippen molar-refractivity contribution in [2.24, 2.45) is 5.92 Å². The van der Waals surface area contributed by atoms with E-state index in [0.717, 1.165) is 61.8 Å². The molecule has 5 rings (SSSR count). The quantitative estimate of drug-likeness (QED) is 0.349. The molecule has 37 heavy (non-hydrogen) atoms. The maximum atomic E-state index is 12.0. The van der Waals surface area contributed by atoms with Crippen molar-refractivity contribution in [1.82, 2.24) is 30.4 Å². The van der Waals surface area contributed by atoms with Crippen molar-refractivity contribution < 1.29 is 9.59 Å². The first-order valence-corrected chi connectivity index (χ1v) is 12.7. The van der Waals surface area contributed by atoms with Crippen LogP contribution in [-0.4, -0.2) is 76.7 Å². The van der Waals surface area contributed by atoms with Crippen LogP contribution in [0.4, 0.5) is 23.1 Å². The van der Waals surface area contributed by atoms with Crippen LogP contribution in [-0.2, 0) is 16.0 Å². The average molecular weight is 504 g/mol. The van der Waals surface area contributed by atoms with Gasteiger partial charge < -0.3 is 20.9 Å². The summed E-state index contributed by atoms with van der Waals surface area (Å²) in [6, 6.07) is 11.7. The maximum Gasteiger partial charge on any atom is 0.233 e. The van der Waals surface area contributed by atoms with Gasteiger partial charge in [0, 0.05) is 69.1 Å². The zero-order valence-electron chi connectivity index (χ0n) is 21.3. The molecule has 2 amide bonds. The van der Waals surface area contributed by atoms with Gasteiger partial charge in [-0.25, -0.2) is 9.97 Å². The Balaban J connectivity index is 1.31. The molecule has 2 fully saturated rings. The van der Waals surface area contributed by atoms with Crippen molar-refractivity contribution >= 4 is 35.0 Å². The van der Waals surface area contributed by atoms with Crippen molar-refractivity contribution in [3.8, 4) is 0 Å². The highest BCUT2D eigenvalue weighted by Crippen LogP contribution is 2.30. The minimum absolute atomic E-state index is 0.0247. The Labute approximate surface area is 216 Å². The molecule has 4 N–H and O–H groups in total. The van der Waals surface area contributed by atoms with Crippen LogP contribution in [0.5, 0.6) is 0 Å². The molecule has 194 valence electrons. The lowest BCUT2D eigenvalue weighted by Crippen LogP contribution is -2.49. The van der Waals surface area contributed by atoms with Gasteiger partial charge >= 0.3 is 0 Å². The number of nitrogens with one attached hydrogen (secondary N) is 4. The Bertz CT molecular complexity index is 1250. The van der Waals surface area contributed by atoms with Gasteiger partial charge in [-0.2, -0.15) is 5.10 Å². The average Bonchev–Trinajstić information content (AvgIpc) is 3.67. The number of benzene rings is 1. The fraction of sp³-hybridized carbons (Fsp3) is 0.423. The summed E-state index contributed by atoms with van der Waals surface area (Å²) in [5.74, 6) is 3.19. The van der Waals surface area contributed by atoms with E-state index in [1.807, 2.05) is 43.3 Å². The Hall–Kier alpha value is -3.99. The highest BCUT2D eigenvalue weighted by Gasteiger charge is 2.29. The summed E-state index contributed by atoms with van der Waals surface area (Å²) in [6.45, 7) is 5.45. The van der Waals surface area contributed by atoms with Crippen LogP contribution >= 0.6 is 0 Å². The van der Waals surface area contributed by atoms with E-state index in [0.29, 0.717) is 30.4 Å².